The molecule has 23 heavy (non-hydrogen) atoms. The molecule has 1 saturated carbocycles. The molecule has 0 unspecified atom stereocenters. The Morgan fingerprint density at radius 1 is 1.00 bits per heavy atom. The van der Waals surface area contributed by atoms with E-state index in [4.69, 9.17) is 4.42 Å². The van der Waals surface area contributed by atoms with E-state index in [1.54, 1.807) is 0 Å². The predicted molar refractivity (Wildman–Crippen MR) is 92.6 cm³/mol. The second kappa shape index (κ2) is 4.67. The van der Waals surface area contributed by atoms with Gasteiger partial charge in [0.2, 0.25) is 0 Å². The third kappa shape index (κ3) is 1.71. The Labute approximate surface area is 136 Å². The summed E-state index contributed by atoms with van der Waals surface area (Å²) in [6, 6.07) is 13.0. The number of aryl methyl sites for hydroxylation is 1. The van der Waals surface area contributed by atoms with Gasteiger partial charge in [-0.25, -0.2) is 0 Å². The molecule has 3 nitrogen and oxygen atoms in total. The monoisotopic (exact) mass is 306 g/mol. The smallest absolute Gasteiger partial charge is 0.152 e. The van der Waals surface area contributed by atoms with Gasteiger partial charge >= 0.3 is 0 Å². The van der Waals surface area contributed by atoms with Crippen molar-refractivity contribution in [1.82, 2.24) is 4.57 Å². The van der Waals surface area contributed by atoms with E-state index in [-0.39, 0.29) is 5.54 Å². The first kappa shape index (κ1) is 13.3. The Morgan fingerprint density at radius 3 is 2.57 bits per heavy atom. The van der Waals surface area contributed by atoms with Crippen molar-refractivity contribution in [2.75, 3.05) is 4.90 Å². The molecule has 0 saturated heterocycles. The van der Waals surface area contributed by atoms with Crippen molar-refractivity contribution < 1.29 is 4.42 Å². The minimum atomic E-state index is 0.117. The molecule has 0 bridgehead atoms. The minimum Gasteiger partial charge on any atom is -0.457 e. The van der Waals surface area contributed by atoms with Crippen LogP contribution in [-0.4, -0.2) is 4.57 Å². The largest absolute Gasteiger partial charge is 0.457 e. The number of furan rings is 1. The van der Waals surface area contributed by atoms with Crippen LogP contribution in [0, 0.1) is 0 Å². The SMILES string of the molecule is Cn1ccc2oc3c(c21)C1(CCCCC1)N(c1ccccc1)C3. The summed E-state index contributed by atoms with van der Waals surface area (Å²) in [6.45, 7) is 0.897. The summed E-state index contributed by atoms with van der Waals surface area (Å²) in [4.78, 5) is 2.60. The van der Waals surface area contributed by atoms with Gasteiger partial charge in [0.1, 0.15) is 5.76 Å². The fourth-order valence-corrected chi connectivity index (χ4v) is 4.83. The Balaban J connectivity index is 1.74. The van der Waals surface area contributed by atoms with Gasteiger partial charge in [0, 0.05) is 24.5 Å². The number of hydrogen-bond acceptors (Lipinski definition) is 2. The molecule has 1 aliphatic heterocycles. The van der Waals surface area contributed by atoms with Gasteiger partial charge < -0.3 is 13.9 Å². The van der Waals surface area contributed by atoms with Crippen LogP contribution in [0.4, 0.5) is 5.69 Å². The average Bonchev–Trinajstić information content (AvgIpc) is 3.21. The number of benzene rings is 1. The van der Waals surface area contributed by atoms with Crippen LogP contribution in [0.25, 0.3) is 11.1 Å². The van der Waals surface area contributed by atoms with Crippen molar-refractivity contribution in [3.63, 3.8) is 0 Å². The summed E-state index contributed by atoms with van der Waals surface area (Å²) in [5, 5.41) is 0. The molecule has 2 aromatic heterocycles. The maximum Gasteiger partial charge on any atom is 0.152 e. The molecule has 1 spiro atoms. The quantitative estimate of drug-likeness (QED) is 0.634. The number of hydrogen-bond donors (Lipinski definition) is 0. The molecule has 3 heteroatoms. The van der Waals surface area contributed by atoms with Crippen LogP contribution in [0.1, 0.15) is 43.4 Å². The van der Waals surface area contributed by atoms with Crippen molar-refractivity contribution >= 4 is 16.8 Å². The van der Waals surface area contributed by atoms with E-state index < -0.39 is 0 Å². The van der Waals surface area contributed by atoms with Crippen LogP contribution in [-0.2, 0) is 19.1 Å². The van der Waals surface area contributed by atoms with E-state index in [1.807, 2.05) is 0 Å². The normalized spacial score (nSPS) is 19.6. The first-order valence-corrected chi connectivity index (χ1v) is 8.69. The Kier molecular flexibility index (Phi) is 2.70. The zero-order valence-corrected chi connectivity index (χ0v) is 13.6. The second-order valence-electron chi connectivity index (χ2n) is 7.05. The molecular weight excluding hydrogens is 284 g/mol. The lowest BCUT2D eigenvalue weighted by Gasteiger charge is -2.43. The Morgan fingerprint density at radius 2 is 1.78 bits per heavy atom. The van der Waals surface area contributed by atoms with Crippen molar-refractivity contribution in [1.29, 1.82) is 0 Å². The second-order valence-corrected chi connectivity index (χ2v) is 7.05. The molecule has 1 aliphatic carbocycles. The molecule has 0 amide bonds. The van der Waals surface area contributed by atoms with Gasteiger partial charge in [0.05, 0.1) is 17.6 Å². The molecule has 0 atom stereocenters. The summed E-state index contributed by atoms with van der Waals surface area (Å²) < 4.78 is 8.49. The number of fused-ring (bicyclic) bond motifs is 4. The van der Waals surface area contributed by atoms with Crippen LogP contribution in [0.2, 0.25) is 0 Å². The van der Waals surface area contributed by atoms with Crippen LogP contribution in [0.15, 0.2) is 47.0 Å². The summed E-state index contributed by atoms with van der Waals surface area (Å²) in [5.41, 5.74) is 5.26. The fourth-order valence-electron chi connectivity index (χ4n) is 4.83. The summed E-state index contributed by atoms with van der Waals surface area (Å²) in [6.07, 6.45) is 8.55. The molecule has 3 aromatic rings. The Bertz CT molecular complexity index is 853. The number of nitrogens with zero attached hydrogens (tertiary/aromatic N) is 2. The predicted octanol–water partition coefficient (Wildman–Crippen LogP) is 4.95. The number of aromatic nitrogens is 1. The van der Waals surface area contributed by atoms with Crippen LogP contribution in [0.3, 0.4) is 0 Å². The topological polar surface area (TPSA) is 21.3 Å². The van der Waals surface area contributed by atoms with Crippen molar-refractivity contribution in [3.8, 4) is 0 Å². The zero-order valence-electron chi connectivity index (χ0n) is 13.6. The maximum atomic E-state index is 6.25. The number of para-hydroxylation sites is 1. The summed E-state index contributed by atoms with van der Waals surface area (Å²) >= 11 is 0. The van der Waals surface area contributed by atoms with Gasteiger partial charge in [0.15, 0.2) is 5.58 Å². The third-order valence-electron chi connectivity index (χ3n) is 5.82. The van der Waals surface area contributed by atoms with Gasteiger partial charge in [-0.05, 0) is 31.0 Å². The van der Waals surface area contributed by atoms with E-state index in [9.17, 15) is 0 Å². The minimum absolute atomic E-state index is 0.117. The molecule has 1 fully saturated rings. The van der Waals surface area contributed by atoms with Crippen LogP contribution >= 0.6 is 0 Å². The van der Waals surface area contributed by atoms with Gasteiger partial charge in [-0.1, -0.05) is 37.5 Å². The lowest BCUT2D eigenvalue weighted by Crippen LogP contribution is -2.43. The van der Waals surface area contributed by atoms with E-state index in [1.165, 1.54) is 54.6 Å². The van der Waals surface area contributed by atoms with E-state index in [0.29, 0.717) is 0 Å². The zero-order chi connectivity index (χ0) is 15.4. The molecule has 0 radical (unpaired) electrons. The van der Waals surface area contributed by atoms with Crippen molar-refractivity contribution in [2.24, 2.45) is 7.05 Å². The van der Waals surface area contributed by atoms with E-state index in [2.05, 4.69) is 59.1 Å². The van der Waals surface area contributed by atoms with Crippen molar-refractivity contribution in [3.05, 3.63) is 53.9 Å². The Hall–Kier alpha value is -2.16. The van der Waals surface area contributed by atoms with Gasteiger partial charge in [-0.2, -0.15) is 0 Å². The molecule has 2 aliphatic rings. The van der Waals surface area contributed by atoms with E-state index >= 15 is 0 Å². The standard InChI is InChI=1S/C20H22N2O/c1-21-13-10-16-19(21)18-17(23-16)14-22(15-8-4-2-5-9-15)20(18)11-6-3-7-12-20/h2,4-5,8-10,13H,3,6-7,11-12,14H2,1H3. The number of anilines is 1. The van der Waals surface area contributed by atoms with Crippen LogP contribution < -0.4 is 4.90 Å². The molecular formula is C20H22N2O. The average molecular weight is 306 g/mol. The van der Waals surface area contributed by atoms with E-state index in [0.717, 1.165) is 12.1 Å². The van der Waals surface area contributed by atoms with Crippen LogP contribution in [0.5, 0.6) is 0 Å². The highest BCUT2D eigenvalue weighted by atomic mass is 16.3. The lowest BCUT2D eigenvalue weighted by molar-refractivity contribution is 0.294. The first-order chi connectivity index (χ1) is 11.3. The highest BCUT2D eigenvalue weighted by Crippen LogP contribution is 2.53. The third-order valence-corrected chi connectivity index (χ3v) is 5.82. The summed E-state index contributed by atoms with van der Waals surface area (Å²) in [7, 11) is 2.14. The highest BCUT2D eigenvalue weighted by Gasteiger charge is 2.49. The van der Waals surface area contributed by atoms with Gasteiger partial charge in [-0.15, -0.1) is 0 Å². The highest BCUT2D eigenvalue weighted by molar-refractivity contribution is 5.83. The molecule has 118 valence electrons. The molecule has 0 N–H and O–H groups in total. The first-order valence-electron chi connectivity index (χ1n) is 8.69. The van der Waals surface area contributed by atoms with Gasteiger partial charge in [-0.3, -0.25) is 0 Å². The maximum absolute atomic E-state index is 6.25. The molecule has 1 aromatic carbocycles. The van der Waals surface area contributed by atoms with Gasteiger partial charge in [0.25, 0.3) is 0 Å². The number of rotatable bonds is 1. The fraction of sp³-hybridized carbons (Fsp3) is 0.400. The molecule has 3 heterocycles. The van der Waals surface area contributed by atoms with Crippen molar-refractivity contribution in [2.45, 2.75) is 44.2 Å². The molecule has 5 rings (SSSR count). The summed E-state index contributed by atoms with van der Waals surface area (Å²) in [5.74, 6) is 1.18. The lowest BCUT2D eigenvalue weighted by atomic mass is 9.77.